The quantitative estimate of drug-likeness (QED) is 0.810. The van der Waals surface area contributed by atoms with Gasteiger partial charge in [-0.3, -0.25) is 4.79 Å². The molecule has 0 unspecified atom stereocenters. The zero-order valence-electron chi connectivity index (χ0n) is 12.2. The van der Waals surface area contributed by atoms with Crippen LogP contribution < -0.4 is 5.32 Å². The van der Waals surface area contributed by atoms with Crippen molar-refractivity contribution >= 4 is 12.0 Å². The number of likely N-dealkylation sites (N-methyl/N-ethyl adjacent to an activating group) is 1. The fourth-order valence-corrected chi connectivity index (χ4v) is 3.02. The van der Waals surface area contributed by atoms with Gasteiger partial charge in [-0.1, -0.05) is 6.92 Å². The predicted molar refractivity (Wildman–Crippen MR) is 75.6 cm³/mol. The van der Waals surface area contributed by atoms with Crippen LogP contribution in [0, 0.1) is 5.92 Å². The predicted octanol–water partition coefficient (Wildman–Crippen LogP) is 0.977. The van der Waals surface area contributed by atoms with Crippen LogP contribution in [0.4, 0.5) is 4.79 Å². The van der Waals surface area contributed by atoms with Crippen LogP contribution in [-0.2, 0) is 4.79 Å². The van der Waals surface area contributed by atoms with Crippen molar-refractivity contribution in [3.05, 3.63) is 0 Å². The third-order valence-corrected chi connectivity index (χ3v) is 4.51. The van der Waals surface area contributed by atoms with Gasteiger partial charge in [-0.15, -0.1) is 0 Å². The van der Waals surface area contributed by atoms with Crippen molar-refractivity contribution < 1.29 is 14.7 Å². The summed E-state index contributed by atoms with van der Waals surface area (Å²) in [4.78, 5) is 27.3. The van der Waals surface area contributed by atoms with Crippen molar-refractivity contribution in [1.29, 1.82) is 0 Å². The molecule has 1 saturated heterocycles. The Morgan fingerprint density at radius 2 is 1.70 bits per heavy atom. The molecule has 2 fully saturated rings. The van der Waals surface area contributed by atoms with E-state index in [2.05, 4.69) is 17.1 Å². The van der Waals surface area contributed by atoms with Crippen LogP contribution in [0.15, 0.2) is 0 Å². The summed E-state index contributed by atoms with van der Waals surface area (Å²) in [6.07, 6.45) is 2.89. The summed E-state index contributed by atoms with van der Waals surface area (Å²) in [6.45, 7) is 6.62. The lowest BCUT2D eigenvalue weighted by Gasteiger charge is -2.35. The van der Waals surface area contributed by atoms with Gasteiger partial charge in [0.15, 0.2) is 0 Å². The summed E-state index contributed by atoms with van der Waals surface area (Å²) in [7, 11) is 0. The van der Waals surface area contributed by atoms with Gasteiger partial charge in [0.2, 0.25) is 0 Å². The molecule has 2 N–H and O–H groups in total. The van der Waals surface area contributed by atoms with E-state index in [9.17, 15) is 9.59 Å². The van der Waals surface area contributed by atoms with E-state index >= 15 is 0 Å². The van der Waals surface area contributed by atoms with E-state index in [0.717, 1.165) is 45.6 Å². The standard InChI is InChI=1S/C14H25N3O3/c1-2-16-7-9-17(10-8-16)14(20)15-12-5-3-11(4-6-12)13(18)19/h11-12H,2-10H2,1H3,(H,15,20)(H,18,19). The summed E-state index contributed by atoms with van der Waals surface area (Å²) in [5, 5.41) is 12.0. The highest BCUT2D eigenvalue weighted by Gasteiger charge is 2.28. The normalized spacial score (nSPS) is 28.1. The number of hydrogen-bond donors (Lipinski definition) is 2. The first-order valence-corrected chi connectivity index (χ1v) is 7.60. The number of carbonyl (C=O) groups is 2. The molecule has 20 heavy (non-hydrogen) atoms. The summed E-state index contributed by atoms with van der Waals surface area (Å²) in [5.41, 5.74) is 0. The number of carboxylic acid groups (broad SMARTS) is 1. The molecule has 0 aromatic rings. The van der Waals surface area contributed by atoms with Crippen LogP contribution in [0.2, 0.25) is 0 Å². The number of nitrogens with zero attached hydrogens (tertiary/aromatic N) is 2. The van der Waals surface area contributed by atoms with Crippen LogP contribution in [0.25, 0.3) is 0 Å². The third-order valence-electron chi connectivity index (χ3n) is 4.51. The molecule has 6 nitrogen and oxygen atoms in total. The van der Waals surface area contributed by atoms with Crippen molar-refractivity contribution in [2.24, 2.45) is 5.92 Å². The minimum Gasteiger partial charge on any atom is -0.481 e. The molecular formula is C14H25N3O3. The molecule has 1 aliphatic carbocycles. The fraction of sp³-hybridized carbons (Fsp3) is 0.857. The topological polar surface area (TPSA) is 72.9 Å². The molecular weight excluding hydrogens is 258 g/mol. The van der Waals surface area contributed by atoms with E-state index in [0.29, 0.717) is 12.8 Å². The Kier molecular flexibility index (Phi) is 5.23. The molecule has 1 aliphatic heterocycles. The summed E-state index contributed by atoms with van der Waals surface area (Å²) >= 11 is 0. The van der Waals surface area contributed by atoms with E-state index in [1.807, 2.05) is 4.90 Å². The monoisotopic (exact) mass is 283 g/mol. The summed E-state index contributed by atoms with van der Waals surface area (Å²) in [6, 6.07) is 0.154. The van der Waals surface area contributed by atoms with Crippen LogP contribution in [0.1, 0.15) is 32.6 Å². The first kappa shape index (κ1) is 15.1. The molecule has 2 amide bonds. The number of urea groups is 1. The second kappa shape index (κ2) is 6.92. The van der Waals surface area contributed by atoms with Crippen molar-refractivity contribution in [3.63, 3.8) is 0 Å². The van der Waals surface area contributed by atoms with Gasteiger partial charge in [-0.05, 0) is 32.2 Å². The van der Waals surface area contributed by atoms with Crippen LogP contribution in [-0.4, -0.2) is 65.7 Å². The van der Waals surface area contributed by atoms with Crippen LogP contribution in [0.5, 0.6) is 0 Å². The minimum atomic E-state index is -0.703. The van der Waals surface area contributed by atoms with E-state index in [-0.39, 0.29) is 18.0 Å². The highest BCUT2D eigenvalue weighted by atomic mass is 16.4. The lowest BCUT2D eigenvalue weighted by Crippen LogP contribution is -2.53. The number of amides is 2. The average molecular weight is 283 g/mol. The number of nitrogens with one attached hydrogen (secondary N) is 1. The van der Waals surface area contributed by atoms with Crippen LogP contribution in [0.3, 0.4) is 0 Å². The number of hydrogen-bond acceptors (Lipinski definition) is 3. The van der Waals surface area contributed by atoms with Gasteiger partial charge >= 0.3 is 12.0 Å². The van der Waals surface area contributed by atoms with Crippen molar-refractivity contribution in [2.75, 3.05) is 32.7 Å². The number of piperazine rings is 1. The van der Waals surface area contributed by atoms with Crippen molar-refractivity contribution in [1.82, 2.24) is 15.1 Å². The van der Waals surface area contributed by atoms with E-state index in [1.165, 1.54) is 0 Å². The molecule has 114 valence electrons. The van der Waals surface area contributed by atoms with Crippen molar-refractivity contribution in [2.45, 2.75) is 38.6 Å². The molecule has 0 atom stereocenters. The Bertz CT molecular complexity index is 346. The van der Waals surface area contributed by atoms with Crippen molar-refractivity contribution in [3.8, 4) is 0 Å². The van der Waals surface area contributed by atoms with Gasteiger partial charge < -0.3 is 20.2 Å². The maximum atomic E-state index is 12.2. The fourth-order valence-electron chi connectivity index (χ4n) is 3.02. The molecule has 0 spiro atoms. The lowest BCUT2D eigenvalue weighted by molar-refractivity contribution is -0.142. The Labute approximate surface area is 120 Å². The first-order valence-electron chi connectivity index (χ1n) is 7.60. The number of carbonyl (C=O) groups excluding carboxylic acids is 1. The highest BCUT2D eigenvalue weighted by Crippen LogP contribution is 2.24. The molecule has 2 aliphatic rings. The Morgan fingerprint density at radius 1 is 1.10 bits per heavy atom. The second-order valence-electron chi connectivity index (χ2n) is 5.76. The SMILES string of the molecule is CCN1CCN(C(=O)NC2CCC(C(=O)O)CC2)CC1. The zero-order chi connectivity index (χ0) is 14.5. The van der Waals surface area contributed by atoms with Gasteiger partial charge in [-0.25, -0.2) is 4.79 Å². The molecule has 1 heterocycles. The zero-order valence-corrected chi connectivity index (χ0v) is 12.2. The largest absolute Gasteiger partial charge is 0.481 e. The second-order valence-corrected chi connectivity index (χ2v) is 5.76. The molecule has 6 heteroatoms. The molecule has 0 aromatic carbocycles. The van der Waals surface area contributed by atoms with E-state index in [1.54, 1.807) is 0 Å². The van der Waals surface area contributed by atoms with E-state index in [4.69, 9.17) is 5.11 Å². The van der Waals surface area contributed by atoms with Gasteiger partial charge in [0.1, 0.15) is 0 Å². The molecule has 1 saturated carbocycles. The maximum absolute atomic E-state index is 12.2. The van der Waals surface area contributed by atoms with Gasteiger partial charge in [-0.2, -0.15) is 0 Å². The summed E-state index contributed by atoms with van der Waals surface area (Å²) < 4.78 is 0. The number of rotatable bonds is 3. The first-order chi connectivity index (χ1) is 9.60. The Morgan fingerprint density at radius 3 is 2.20 bits per heavy atom. The van der Waals surface area contributed by atoms with Crippen LogP contribution >= 0.6 is 0 Å². The number of aliphatic carboxylic acids is 1. The third kappa shape index (κ3) is 3.85. The van der Waals surface area contributed by atoms with Gasteiger partial charge in [0.05, 0.1) is 5.92 Å². The van der Waals surface area contributed by atoms with Gasteiger partial charge in [0.25, 0.3) is 0 Å². The summed E-state index contributed by atoms with van der Waals surface area (Å²) in [5.74, 6) is -0.929. The van der Waals surface area contributed by atoms with E-state index < -0.39 is 5.97 Å². The molecule has 0 radical (unpaired) electrons. The highest BCUT2D eigenvalue weighted by molar-refractivity contribution is 5.75. The minimum absolute atomic E-state index is 0.0135. The lowest BCUT2D eigenvalue weighted by atomic mass is 9.86. The maximum Gasteiger partial charge on any atom is 0.317 e. The Balaban J connectivity index is 1.72. The Hall–Kier alpha value is -1.30. The molecule has 0 bridgehead atoms. The average Bonchev–Trinajstić information content (AvgIpc) is 2.48. The molecule has 0 aromatic heterocycles. The van der Waals surface area contributed by atoms with Gasteiger partial charge in [0, 0.05) is 32.2 Å². The smallest absolute Gasteiger partial charge is 0.317 e. The number of carboxylic acids is 1. The molecule has 2 rings (SSSR count).